The molecule has 3 amide bonds. The number of fused-ring (bicyclic) bond motifs is 1. The molecule has 0 spiro atoms. The minimum atomic E-state index is -0.777. The Morgan fingerprint density at radius 2 is 1.87 bits per heavy atom. The van der Waals surface area contributed by atoms with Crippen LogP contribution in [0.25, 0.3) is 11.0 Å². The van der Waals surface area contributed by atoms with Crippen molar-refractivity contribution in [1.82, 2.24) is 30.1 Å². The van der Waals surface area contributed by atoms with E-state index in [1.54, 1.807) is 9.58 Å². The van der Waals surface area contributed by atoms with Gasteiger partial charge in [-0.05, 0) is 61.6 Å². The first-order chi connectivity index (χ1) is 18.4. The highest BCUT2D eigenvalue weighted by Gasteiger charge is 2.41. The Kier molecular flexibility index (Phi) is 8.26. The van der Waals surface area contributed by atoms with Crippen LogP contribution in [0.4, 0.5) is 0 Å². The van der Waals surface area contributed by atoms with E-state index < -0.39 is 12.1 Å². The lowest BCUT2D eigenvalue weighted by molar-refractivity contribution is -0.140. The van der Waals surface area contributed by atoms with Gasteiger partial charge < -0.3 is 20.9 Å². The number of hydrogen-bond donors (Lipinski definition) is 2. The molecule has 3 fully saturated rings. The molecule has 3 heterocycles. The highest BCUT2D eigenvalue weighted by atomic mass is 16.2. The van der Waals surface area contributed by atoms with Gasteiger partial charge in [0.2, 0.25) is 17.7 Å². The molecule has 1 aliphatic carbocycles. The predicted octanol–water partition coefficient (Wildman–Crippen LogP) is 2.11. The molecule has 1 saturated carbocycles. The second-order valence-corrected chi connectivity index (χ2v) is 11.5. The van der Waals surface area contributed by atoms with Gasteiger partial charge in [0.15, 0.2) is 0 Å². The van der Waals surface area contributed by atoms with Crippen LogP contribution >= 0.6 is 0 Å². The van der Waals surface area contributed by atoms with E-state index in [0.717, 1.165) is 48.9 Å². The maximum Gasteiger partial charge on any atom is 0.243 e. The summed E-state index contributed by atoms with van der Waals surface area (Å²) in [6, 6.07) is 4.52. The molecule has 0 radical (unpaired) electrons. The van der Waals surface area contributed by atoms with Crippen LogP contribution in [0.1, 0.15) is 69.8 Å². The summed E-state index contributed by atoms with van der Waals surface area (Å²) in [6.07, 6.45) is 9.40. The smallest absolute Gasteiger partial charge is 0.243 e. The SMILES string of the molecule is Cn1nnc2cc(CNC(=O)[C@@H]3C[C@@H](CC4CCCC4)CN3C(=O)[C@H](N)CCC(=O)N3CCCC3)ccc21. The molecule has 3 N–H and O–H groups in total. The lowest BCUT2D eigenvalue weighted by atomic mass is 9.91. The summed E-state index contributed by atoms with van der Waals surface area (Å²) < 4.78 is 1.71. The average molecular weight is 524 g/mol. The fourth-order valence-electron chi connectivity index (χ4n) is 6.55. The van der Waals surface area contributed by atoms with Crippen LogP contribution in [0.2, 0.25) is 0 Å². The number of aromatic nitrogens is 3. The van der Waals surface area contributed by atoms with E-state index in [9.17, 15) is 14.4 Å². The summed E-state index contributed by atoms with van der Waals surface area (Å²) in [5.74, 6) is 0.693. The lowest BCUT2D eigenvalue weighted by Crippen LogP contribution is -2.51. The summed E-state index contributed by atoms with van der Waals surface area (Å²) in [5, 5.41) is 11.2. The number of nitrogens with one attached hydrogen (secondary N) is 1. The van der Waals surface area contributed by atoms with Crippen LogP contribution in [0, 0.1) is 11.8 Å². The quantitative estimate of drug-likeness (QED) is 0.518. The number of carbonyl (C=O) groups excluding carboxylic acids is 3. The highest BCUT2D eigenvalue weighted by Crippen LogP contribution is 2.36. The van der Waals surface area contributed by atoms with E-state index in [1.807, 2.05) is 30.1 Å². The third-order valence-corrected chi connectivity index (χ3v) is 8.70. The fraction of sp³-hybridized carbons (Fsp3) is 0.679. The number of benzene rings is 1. The van der Waals surface area contributed by atoms with Gasteiger partial charge in [-0.1, -0.05) is 37.0 Å². The highest BCUT2D eigenvalue weighted by molar-refractivity contribution is 5.90. The number of nitrogens with two attached hydrogens (primary N) is 1. The molecule has 3 atom stereocenters. The molecule has 2 saturated heterocycles. The molecule has 1 aromatic carbocycles. The minimum absolute atomic E-state index is 0.0700. The predicted molar refractivity (Wildman–Crippen MR) is 144 cm³/mol. The molecule has 10 nitrogen and oxygen atoms in total. The van der Waals surface area contributed by atoms with Crippen molar-refractivity contribution in [2.45, 2.75) is 82.8 Å². The second-order valence-electron chi connectivity index (χ2n) is 11.5. The molecule has 38 heavy (non-hydrogen) atoms. The standard InChI is InChI=1S/C28H41N7O3/c1-33-24-10-8-20(15-23(24)31-32-33)17-30-27(37)25-16-21(14-19-6-2-3-7-19)18-35(25)28(38)22(29)9-11-26(36)34-12-4-5-13-34/h8,10,15,19,21-22,25H,2-7,9,11-14,16-18,29H2,1H3,(H,30,37)/t21-,22-,25+/m1/s1. The van der Waals surface area contributed by atoms with Gasteiger partial charge in [-0.3, -0.25) is 14.4 Å². The Morgan fingerprint density at radius 1 is 1.11 bits per heavy atom. The van der Waals surface area contributed by atoms with Crippen molar-refractivity contribution in [3.8, 4) is 0 Å². The zero-order valence-corrected chi connectivity index (χ0v) is 22.5. The molecule has 2 aromatic rings. The van der Waals surface area contributed by atoms with Crippen molar-refractivity contribution < 1.29 is 14.4 Å². The van der Waals surface area contributed by atoms with Gasteiger partial charge in [-0.2, -0.15) is 0 Å². The van der Waals surface area contributed by atoms with E-state index in [0.29, 0.717) is 37.8 Å². The van der Waals surface area contributed by atoms with Gasteiger partial charge in [-0.15, -0.1) is 5.10 Å². The fourth-order valence-corrected chi connectivity index (χ4v) is 6.55. The maximum absolute atomic E-state index is 13.5. The molecular weight excluding hydrogens is 482 g/mol. The maximum atomic E-state index is 13.5. The van der Waals surface area contributed by atoms with Crippen molar-refractivity contribution in [2.24, 2.45) is 24.6 Å². The van der Waals surface area contributed by atoms with Gasteiger partial charge in [0.05, 0.1) is 11.6 Å². The summed E-state index contributed by atoms with van der Waals surface area (Å²) >= 11 is 0. The normalized spacial score (nSPS) is 22.9. The lowest BCUT2D eigenvalue weighted by Gasteiger charge is -2.27. The Hall–Kier alpha value is -3.01. The third kappa shape index (κ3) is 6.00. The van der Waals surface area contributed by atoms with Crippen LogP contribution in [-0.4, -0.2) is 74.2 Å². The van der Waals surface area contributed by atoms with E-state index in [2.05, 4.69) is 15.6 Å². The first kappa shape index (κ1) is 26.6. The average Bonchev–Trinajstić information content (AvgIpc) is 3.74. The van der Waals surface area contributed by atoms with E-state index >= 15 is 0 Å². The monoisotopic (exact) mass is 523 g/mol. The zero-order valence-electron chi connectivity index (χ0n) is 22.5. The minimum Gasteiger partial charge on any atom is -0.350 e. The summed E-state index contributed by atoms with van der Waals surface area (Å²) in [4.78, 5) is 42.9. The van der Waals surface area contributed by atoms with Crippen molar-refractivity contribution in [2.75, 3.05) is 19.6 Å². The Labute approximate surface area is 224 Å². The summed E-state index contributed by atoms with van der Waals surface area (Å²) in [6.45, 7) is 2.51. The van der Waals surface area contributed by atoms with Gasteiger partial charge in [-0.25, -0.2) is 4.68 Å². The van der Waals surface area contributed by atoms with Crippen molar-refractivity contribution in [1.29, 1.82) is 0 Å². The third-order valence-electron chi connectivity index (χ3n) is 8.70. The first-order valence-corrected chi connectivity index (χ1v) is 14.3. The molecule has 3 aliphatic rings. The van der Waals surface area contributed by atoms with Crippen LogP contribution in [0.15, 0.2) is 18.2 Å². The molecule has 10 heteroatoms. The van der Waals surface area contributed by atoms with Crippen LogP contribution in [0.3, 0.4) is 0 Å². The number of hydrogen-bond acceptors (Lipinski definition) is 6. The molecule has 2 aliphatic heterocycles. The molecular formula is C28H41N7O3. The number of carbonyl (C=O) groups is 3. The topological polar surface area (TPSA) is 126 Å². The van der Waals surface area contributed by atoms with Gasteiger partial charge in [0.25, 0.3) is 0 Å². The summed E-state index contributed by atoms with van der Waals surface area (Å²) in [7, 11) is 1.84. The molecule has 1 aromatic heterocycles. The van der Waals surface area contributed by atoms with E-state index in [4.69, 9.17) is 5.73 Å². The Balaban J connectivity index is 1.22. The number of aryl methyl sites for hydroxylation is 1. The molecule has 0 bridgehead atoms. The largest absolute Gasteiger partial charge is 0.350 e. The van der Waals surface area contributed by atoms with Crippen LogP contribution < -0.4 is 11.1 Å². The molecule has 206 valence electrons. The molecule has 5 rings (SSSR count). The second kappa shape index (κ2) is 11.8. The summed E-state index contributed by atoms with van der Waals surface area (Å²) in [5.41, 5.74) is 8.97. The van der Waals surface area contributed by atoms with Crippen molar-refractivity contribution in [3.63, 3.8) is 0 Å². The van der Waals surface area contributed by atoms with Crippen molar-refractivity contribution in [3.05, 3.63) is 23.8 Å². The van der Waals surface area contributed by atoms with Crippen LogP contribution in [0.5, 0.6) is 0 Å². The van der Waals surface area contributed by atoms with Gasteiger partial charge in [0, 0.05) is 39.6 Å². The first-order valence-electron chi connectivity index (χ1n) is 14.3. The number of amides is 3. The van der Waals surface area contributed by atoms with Crippen molar-refractivity contribution >= 4 is 28.8 Å². The zero-order chi connectivity index (χ0) is 26.6. The van der Waals surface area contributed by atoms with Gasteiger partial charge in [0.1, 0.15) is 11.6 Å². The van der Waals surface area contributed by atoms with Gasteiger partial charge >= 0.3 is 0 Å². The number of rotatable bonds is 9. The Morgan fingerprint density at radius 3 is 2.63 bits per heavy atom. The van der Waals surface area contributed by atoms with Crippen LogP contribution in [-0.2, 0) is 28.0 Å². The molecule has 0 unspecified atom stereocenters. The Bertz CT molecular complexity index is 1150. The van der Waals surface area contributed by atoms with E-state index in [-0.39, 0.29) is 24.1 Å². The van der Waals surface area contributed by atoms with E-state index in [1.165, 1.54) is 25.7 Å². The number of nitrogens with zero attached hydrogens (tertiary/aromatic N) is 5. The number of likely N-dealkylation sites (tertiary alicyclic amines) is 2.